The smallest absolute Gasteiger partial charge is 0.303 e. The first-order valence-electron chi connectivity index (χ1n) is 4.61. The molecule has 1 aromatic rings. The Morgan fingerprint density at radius 3 is 2.80 bits per heavy atom. The molecule has 0 saturated heterocycles. The summed E-state index contributed by atoms with van der Waals surface area (Å²) in [5, 5.41) is 8.62. The van der Waals surface area contributed by atoms with E-state index in [9.17, 15) is 4.79 Å². The van der Waals surface area contributed by atoms with Crippen LogP contribution in [0.25, 0.3) is 0 Å². The van der Waals surface area contributed by atoms with Gasteiger partial charge in [-0.15, -0.1) is 0 Å². The van der Waals surface area contributed by atoms with Crippen LogP contribution in [0.4, 0.5) is 0 Å². The zero-order valence-electron chi connectivity index (χ0n) is 8.50. The fourth-order valence-corrected chi connectivity index (χ4v) is 1.77. The molecule has 1 rings (SSSR count). The van der Waals surface area contributed by atoms with Crippen LogP contribution in [0.1, 0.15) is 17.5 Å². The Hall–Kier alpha value is -0.870. The van der Waals surface area contributed by atoms with Gasteiger partial charge in [0, 0.05) is 18.0 Å². The minimum absolute atomic E-state index is 0.146. The number of aliphatic carboxylic acids is 1. The number of halogens is 1. The topological polar surface area (TPSA) is 46.5 Å². The van der Waals surface area contributed by atoms with Crippen LogP contribution in [0.5, 0.6) is 0 Å². The molecule has 0 heterocycles. The second-order valence-electron chi connectivity index (χ2n) is 3.24. The molecule has 0 aliphatic heterocycles. The molecule has 1 N–H and O–H groups in total. The Bertz CT molecular complexity index is 350. The van der Waals surface area contributed by atoms with E-state index in [0.29, 0.717) is 13.0 Å². The van der Waals surface area contributed by atoms with Crippen molar-refractivity contribution in [3.8, 4) is 0 Å². The number of hydrogen-bond acceptors (Lipinski definition) is 2. The standard InChI is InChI=1S/C11H13BrO3/c1-15-7-9-2-4-10(12)6-8(9)3-5-11(13)14/h2,4,6H,3,5,7H2,1H3,(H,13,14). The summed E-state index contributed by atoms with van der Waals surface area (Å²) in [7, 11) is 1.63. The van der Waals surface area contributed by atoms with Gasteiger partial charge >= 0.3 is 5.97 Å². The average Bonchev–Trinajstić information content (AvgIpc) is 2.18. The Balaban J connectivity index is 2.81. The van der Waals surface area contributed by atoms with Gasteiger partial charge in [0.1, 0.15) is 0 Å². The van der Waals surface area contributed by atoms with Gasteiger partial charge in [0.05, 0.1) is 6.61 Å². The molecule has 0 radical (unpaired) electrons. The number of hydrogen-bond donors (Lipinski definition) is 1. The van der Waals surface area contributed by atoms with E-state index >= 15 is 0 Å². The molecule has 0 atom stereocenters. The van der Waals surface area contributed by atoms with Gasteiger partial charge in [-0.05, 0) is 29.7 Å². The Labute approximate surface area is 97.2 Å². The van der Waals surface area contributed by atoms with E-state index in [1.54, 1.807) is 7.11 Å². The predicted molar refractivity (Wildman–Crippen MR) is 60.8 cm³/mol. The van der Waals surface area contributed by atoms with Crippen LogP contribution in [0.2, 0.25) is 0 Å². The van der Waals surface area contributed by atoms with Crippen molar-refractivity contribution in [3.05, 3.63) is 33.8 Å². The van der Waals surface area contributed by atoms with Crippen molar-refractivity contribution in [2.45, 2.75) is 19.4 Å². The number of benzene rings is 1. The van der Waals surface area contributed by atoms with E-state index in [-0.39, 0.29) is 6.42 Å². The summed E-state index contributed by atoms with van der Waals surface area (Å²) in [4.78, 5) is 10.5. The average molecular weight is 273 g/mol. The van der Waals surface area contributed by atoms with Crippen molar-refractivity contribution in [3.63, 3.8) is 0 Å². The number of carboxylic acids is 1. The highest BCUT2D eigenvalue weighted by Crippen LogP contribution is 2.18. The first-order valence-corrected chi connectivity index (χ1v) is 5.41. The maximum atomic E-state index is 10.5. The number of carboxylic acid groups (broad SMARTS) is 1. The van der Waals surface area contributed by atoms with Crippen molar-refractivity contribution in [2.75, 3.05) is 7.11 Å². The maximum Gasteiger partial charge on any atom is 0.303 e. The number of carbonyl (C=O) groups is 1. The normalized spacial score (nSPS) is 10.3. The molecule has 0 fully saturated rings. The van der Waals surface area contributed by atoms with Gasteiger partial charge in [0.2, 0.25) is 0 Å². The summed E-state index contributed by atoms with van der Waals surface area (Å²) >= 11 is 3.37. The van der Waals surface area contributed by atoms with Gasteiger partial charge in [0.25, 0.3) is 0 Å². The van der Waals surface area contributed by atoms with Crippen molar-refractivity contribution in [2.24, 2.45) is 0 Å². The summed E-state index contributed by atoms with van der Waals surface area (Å²) in [6, 6.07) is 5.82. The van der Waals surface area contributed by atoms with Crippen LogP contribution >= 0.6 is 15.9 Å². The Morgan fingerprint density at radius 1 is 1.47 bits per heavy atom. The molecule has 0 aliphatic rings. The lowest BCUT2D eigenvalue weighted by Crippen LogP contribution is -2.01. The number of aryl methyl sites for hydroxylation is 1. The fraction of sp³-hybridized carbons (Fsp3) is 0.364. The van der Waals surface area contributed by atoms with Gasteiger partial charge in [-0.25, -0.2) is 0 Å². The molecule has 0 spiro atoms. The lowest BCUT2D eigenvalue weighted by Gasteiger charge is -2.08. The molecule has 4 heteroatoms. The van der Waals surface area contributed by atoms with Crippen molar-refractivity contribution in [1.29, 1.82) is 0 Å². The first-order chi connectivity index (χ1) is 7.13. The first kappa shape index (κ1) is 12.2. The third-order valence-corrected chi connectivity index (χ3v) is 2.57. The highest BCUT2D eigenvalue weighted by Gasteiger charge is 2.05. The van der Waals surface area contributed by atoms with E-state index in [2.05, 4.69) is 15.9 Å². The number of ether oxygens (including phenoxy) is 1. The number of methoxy groups -OCH3 is 1. The molecule has 0 aliphatic carbocycles. The SMILES string of the molecule is COCc1ccc(Br)cc1CCC(=O)O. The van der Waals surface area contributed by atoms with Crippen LogP contribution in [0.15, 0.2) is 22.7 Å². The van der Waals surface area contributed by atoms with E-state index in [1.807, 2.05) is 18.2 Å². The fourth-order valence-electron chi connectivity index (χ4n) is 1.37. The number of rotatable bonds is 5. The molecule has 0 aromatic heterocycles. The van der Waals surface area contributed by atoms with Gasteiger partial charge in [-0.2, -0.15) is 0 Å². The Morgan fingerprint density at radius 2 is 2.20 bits per heavy atom. The van der Waals surface area contributed by atoms with E-state index in [0.717, 1.165) is 15.6 Å². The molecule has 15 heavy (non-hydrogen) atoms. The van der Waals surface area contributed by atoms with Crippen LogP contribution in [0, 0.1) is 0 Å². The van der Waals surface area contributed by atoms with E-state index in [4.69, 9.17) is 9.84 Å². The highest BCUT2D eigenvalue weighted by atomic mass is 79.9. The molecular weight excluding hydrogens is 260 g/mol. The molecular formula is C11H13BrO3. The molecule has 1 aromatic carbocycles. The quantitative estimate of drug-likeness (QED) is 0.897. The van der Waals surface area contributed by atoms with Crippen molar-refractivity contribution in [1.82, 2.24) is 0 Å². The minimum Gasteiger partial charge on any atom is -0.481 e. The molecule has 0 bridgehead atoms. The zero-order valence-corrected chi connectivity index (χ0v) is 10.1. The monoisotopic (exact) mass is 272 g/mol. The van der Waals surface area contributed by atoms with Crippen LogP contribution in [0.3, 0.4) is 0 Å². The summed E-state index contributed by atoms with van der Waals surface area (Å²) in [5.74, 6) is -0.779. The predicted octanol–water partition coefficient (Wildman–Crippen LogP) is 2.61. The molecule has 0 amide bonds. The molecule has 0 saturated carbocycles. The zero-order chi connectivity index (χ0) is 11.3. The van der Waals surface area contributed by atoms with Crippen molar-refractivity contribution >= 4 is 21.9 Å². The summed E-state index contributed by atoms with van der Waals surface area (Å²) in [5.41, 5.74) is 2.07. The highest BCUT2D eigenvalue weighted by molar-refractivity contribution is 9.10. The molecule has 0 unspecified atom stereocenters. The maximum absolute atomic E-state index is 10.5. The summed E-state index contributed by atoms with van der Waals surface area (Å²) < 4.78 is 6.01. The van der Waals surface area contributed by atoms with Crippen molar-refractivity contribution < 1.29 is 14.6 Å². The third kappa shape index (κ3) is 4.01. The molecule has 82 valence electrons. The lowest BCUT2D eigenvalue weighted by molar-refractivity contribution is -0.136. The van der Waals surface area contributed by atoms with Gasteiger partial charge < -0.3 is 9.84 Å². The second kappa shape index (κ2) is 5.88. The van der Waals surface area contributed by atoms with Gasteiger partial charge in [-0.3, -0.25) is 4.79 Å². The van der Waals surface area contributed by atoms with Crippen LogP contribution in [-0.2, 0) is 22.6 Å². The lowest BCUT2D eigenvalue weighted by atomic mass is 10.0. The van der Waals surface area contributed by atoms with Gasteiger partial charge in [-0.1, -0.05) is 22.0 Å². The van der Waals surface area contributed by atoms with Crippen LogP contribution < -0.4 is 0 Å². The summed E-state index contributed by atoms with van der Waals surface area (Å²) in [6.07, 6.45) is 0.681. The Kier molecular flexibility index (Phi) is 4.78. The largest absolute Gasteiger partial charge is 0.481 e. The van der Waals surface area contributed by atoms with E-state index < -0.39 is 5.97 Å². The summed E-state index contributed by atoms with van der Waals surface area (Å²) in [6.45, 7) is 0.516. The van der Waals surface area contributed by atoms with Crippen LogP contribution in [-0.4, -0.2) is 18.2 Å². The second-order valence-corrected chi connectivity index (χ2v) is 4.16. The minimum atomic E-state index is -0.779. The third-order valence-electron chi connectivity index (χ3n) is 2.08. The van der Waals surface area contributed by atoms with Gasteiger partial charge in [0.15, 0.2) is 0 Å². The molecule has 3 nitrogen and oxygen atoms in total. The van der Waals surface area contributed by atoms with E-state index in [1.165, 1.54) is 0 Å².